The van der Waals surface area contributed by atoms with Gasteiger partial charge in [0.25, 0.3) is 0 Å². The van der Waals surface area contributed by atoms with Gasteiger partial charge in [0.05, 0.1) is 6.61 Å². The lowest BCUT2D eigenvalue weighted by Crippen LogP contribution is -2.15. The fourth-order valence-corrected chi connectivity index (χ4v) is 4.62. The van der Waals surface area contributed by atoms with Crippen LogP contribution >= 0.6 is 7.37 Å². The number of rotatable bonds is 8. The molecule has 1 rings (SSSR count). The van der Waals surface area contributed by atoms with Crippen molar-refractivity contribution >= 4 is 12.7 Å². The molecule has 0 aliphatic rings. The minimum Gasteiger partial charge on any atom is -0.325 e. The first-order chi connectivity index (χ1) is 8.68. The third kappa shape index (κ3) is 3.96. The van der Waals surface area contributed by atoms with Gasteiger partial charge < -0.3 is 4.52 Å². The van der Waals surface area contributed by atoms with Crippen LogP contribution in [0.5, 0.6) is 0 Å². The number of aryl methyl sites for hydroxylation is 1. The lowest BCUT2D eigenvalue weighted by Gasteiger charge is -2.21. The van der Waals surface area contributed by atoms with Crippen LogP contribution in [0.2, 0.25) is 0 Å². The molecular formula is C15H25O2P. The van der Waals surface area contributed by atoms with Crippen LogP contribution in [0.15, 0.2) is 24.3 Å². The fraction of sp³-hybridized carbons (Fsp3) is 0.600. The largest absolute Gasteiger partial charge is 0.325 e. The molecule has 3 heteroatoms. The Hall–Kier alpha value is -0.590. The average Bonchev–Trinajstić information content (AvgIpc) is 2.38. The highest BCUT2D eigenvalue weighted by molar-refractivity contribution is 7.67. The molecule has 0 aliphatic heterocycles. The van der Waals surface area contributed by atoms with Gasteiger partial charge in [0.1, 0.15) is 0 Å². The molecule has 1 atom stereocenters. The summed E-state index contributed by atoms with van der Waals surface area (Å²) < 4.78 is 18.8. The minimum atomic E-state index is -2.66. The van der Waals surface area contributed by atoms with E-state index in [1.54, 1.807) is 0 Å². The first-order valence-corrected chi connectivity index (χ1v) is 8.81. The molecule has 1 aromatic carbocycles. The first-order valence-electron chi connectivity index (χ1n) is 7.00. The summed E-state index contributed by atoms with van der Waals surface area (Å²) in [6.45, 7) is 6.84. The summed E-state index contributed by atoms with van der Waals surface area (Å²) in [5.41, 5.74) is 1.19. The Balaban J connectivity index is 3.07. The van der Waals surface area contributed by atoms with E-state index in [-0.39, 0.29) is 0 Å². The van der Waals surface area contributed by atoms with Crippen LogP contribution in [0.4, 0.5) is 0 Å². The second kappa shape index (κ2) is 7.76. The summed E-state index contributed by atoms with van der Waals surface area (Å²) >= 11 is 0. The minimum absolute atomic E-state index is 0.581. The van der Waals surface area contributed by atoms with Crippen molar-refractivity contribution in [1.29, 1.82) is 0 Å². The first kappa shape index (κ1) is 15.5. The zero-order chi connectivity index (χ0) is 13.4. The van der Waals surface area contributed by atoms with Crippen LogP contribution in [0, 0.1) is 0 Å². The lowest BCUT2D eigenvalue weighted by atomic mass is 10.1. The van der Waals surface area contributed by atoms with Crippen LogP contribution in [-0.4, -0.2) is 12.8 Å². The van der Waals surface area contributed by atoms with Crippen LogP contribution in [-0.2, 0) is 15.5 Å². The van der Waals surface area contributed by atoms with E-state index < -0.39 is 7.37 Å². The Morgan fingerprint density at radius 3 is 2.39 bits per heavy atom. The third-order valence-electron chi connectivity index (χ3n) is 2.90. The van der Waals surface area contributed by atoms with Gasteiger partial charge in [0.2, 0.25) is 7.37 Å². The zero-order valence-corrected chi connectivity index (χ0v) is 12.7. The average molecular weight is 268 g/mol. The number of hydrogen-bond acceptors (Lipinski definition) is 2. The van der Waals surface area contributed by atoms with Crippen molar-refractivity contribution in [3.8, 4) is 0 Å². The summed E-state index contributed by atoms with van der Waals surface area (Å²) in [5, 5.41) is 0.946. The fourth-order valence-electron chi connectivity index (χ4n) is 2.11. The van der Waals surface area contributed by atoms with Crippen LogP contribution < -0.4 is 5.30 Å². The summed E-state index contributed by atoms with van der Waals surface area (Å²) in [6, 6.07) is 8.05. The molecule has 0 saturated carbocycles. The molecular weight excluding hydrogens is 243 g/mol. The SMILES string of the molecule is CCCOP(=O)(CCC)c1ccccc1CCC. The van der Waals surface area contributed by atoms with E-state index in [1.165, 1.54) is 5.56 Å². The highest BCUT2D eigenvalue weighted by Crippen LogP contribution is 2.47. The highest BCUT2D eigenvalue weighted by Gasteiger charge is 2.26. The molecule has 0 radical (unpaired) electrons. The molecule has 1 unspecified atom stereocenters. The number of hydrogen-bond donors (Lipinski definition) is 0. The van der Waals surface area contributed by atoms with Gasteiger partial charge in [-0.25, -0.2) is 0 Å². The number of benzene rings is 1. The lowest BCUT2D eigenvalue weighted by molar-refractivity contribution is 0.319. The van der Waals surface area contributed by atoms with E-state index in [2.05, 4.69) is 19.9 Å². The summed E-state index contributed by atoms with van der Waals surface area (Å²) in [5.74, 6) is 0. The molecule has 0 fully saturated rings. The molecule has 1 aromatic rings. The smallest absolute Gasteiger partial charge is 0.232 e. The van der Waals surface area contributed by atoms with Crippen molar-refractivity contribution in [2.45, 2.75) is 46.5 Å². The maximum Gasteiger partial charge on any atom is 0.232 e. The molecule has 0 saturated heterocycles. The van der Waals surface area contributed by atoms with Crippen LogP contribution in [0.3, 0.4) is 0 Å². The van der Waals surface area contributed by atoms with Gasteiger partial charge in [-0.05, 0) is 30.9 Å². The Bertz CT molecular complexity index is 401. The van der Waals surface area contributed by atoms with E-state index in [1.807, 2.05) is 25.1 Å². The highest BCUT2D eigenvalue weighted by atomic mass is 31.2. The Morgan fingerprint density at radius 1 is 1.06 bits per heavy atom. The molecule has 102 valence electrons. The molecule has 0 N–H and O–H groups in total. The van der Waals surface area contributed by atoms with E-state index in [0.717, 1.165) is 31.0 Å². The van der Waals surface area contributed by atoms with Gasteiger partial charge in [-0.15, -0.1) is 0 Å². The van der Waals surface area contributed by atoms with E-state index in [9.17, 15) is 4.57 Å². The third-order valence-corrected chi connectivity index (χ3v) is 5.71. The topological polar surface area (TPSA) is 26.3 Å². The molecule has 0 aliphatic carbocycles. The molecule has 0 aromatic heterocycles. The van der Waals surface area contributed by atoms with Crippen molar-refractivity contribution < 1.29 is 9.09 Å². The van der Waals surface area contributed by atoms with Crippen molar-refractivity contribution in [1.82, 2.24) is 0 Å². The Kier molecular flexibility index (Phi) is 6.67. The van der Waals surface area contributed by atoms with Crippen molar-refractivity contribution in [3.63, 3.8) is 0 Å². The molecule has 0 bridgehead atoms. The normalized spacial score (nSPS) is 14.4. The van der Waals surface area contributed by atoms with Crippen LogP contribution in [0.1, 0.15) is 45.6 Å². The van der Waals surface area contributed by atoms with Gasteiger partial charge in [0, 0.05) is 11.5 Å². The summed E-state index contributed by atoms with van der Waals surface area (Å²) in [6.07, 6.45) is 4.48. The molecule has 0 amide bonds. The molecule has 0 spiro atoms. The summed E-state index contributed by atoms with van der Waals surface area (Å²) in [7, 11) is -2.66. The monoisotopic (exact) mass is 268 g/mol. The maximum atomic E-state index is 13.0. The van der Waals surface area contributed by atoms with Crippen LogP contribution in [0.25, 0.3) is 0 Å². The Morgan fingerprint density at radius 2 is 1.78 bits per heavy atom. The predicted octanol–water partition coefficient (Wildman–Crippen LogP) is 4.38. The van der Waals surface area contributed by atoms with Gasteiger partial charge in [-0.2, -0.15) is 0 Å². The van der Waals surface area contributed by atoms with E-state index in [4.69, 9.17) is 4.52 Å². The van der Waals surface area contributed by atoms with Gasteiger partial charge in [-0.1, -0.05) is 45.4 Å². The predicted molar refractivity (Wildman–Crippen MR) is 79.1 cm³/mol. The second-order valence-electron chi connectivity index (χ2n) is 4.61. The molecule has 0 heterocycles. The van der Waals surface area contributed by atoms with E-state index in [0.29, 0.717) is 12.8 Å². The maximum absolute atomic E-state index is 13.0. The quantitative estimate of drug-likeness (QED) is 0.654. The van der Waals surface area contributed by atoms with Crippen molar-refractivity contribution in [2.24, 2.45) is 0 Å². The van der Waals surface area contributed by atoms with Gasteiger partial charge in [0.15, 0.2) is 0 Å². The standard InChI is InChI=1S/C15H25O2P/c1-4-9-14-10-7-8-11-15(14)18(16,13-6-3)17-12-5-2/h7-8,10-11H,4-6,9,12-13H2,1-3H3. The Labute approximate surface area is 111 Å². The summed E-state index contributed by atoms with van der Waals surface area (Å²) in [4.78, 5) is 0. The van der Waals surface area contributed by atoms with Gasteiger partial charge in [-0.3, -0.25) is 4.57 Å². The van der Waals surface area contributed by atoms with E-state index >= 15 is 0 Å². The molecule has 18 heavy (non-hydrogen) atoms. The van der Waals surface area contributed by atoms with Gasteiger partial charge >= 0.3 is 0 Å². The van der Waals surface area contributed by atoms with Crippen molar-refractivity contribution in [2.75, 3.05) is 12.8 Å². The molecule has 2 nitrogen and oxygen atoms in total. The zero-order valence-electron chi connectivity index (χ0n) is 11.8. The second-order valence-corrected chi connectivity index (χ2v) is 7.14. The van der Waals surface area contributed by atoms with Crippen molar-refractivity contribution in [3.05, 3.63) is 29.8 Å².